The molecule has 80 valence electrons. The third kappa shape index (κ3) is 8.22. The topological polar surface area (TPSA) is 41.5 Å². The highest BCUT2D eigenvalue weighted by molar-refractivity contribution is 4.75. The molecule has 0 saturated heterocycles. The monoisotopic (exact) mass is 189 g/mol. The van der Waals surface area contributed by atoms with Crippen molar-refractivity contribution in [2.24, 2.45) is 5.92 Å². The quantitative estimate of drug-likeness (QED) is 0.628. The lowest BCUT2D eigenvalue weighted by atomic mass is 10.0. The van der Waals surface area contributed by atoms with Gasteiger partial charge in [-0.25, -0.2) is 0 Å². The molecular formula is C10H23NO2. The van der Waals surface area contributed by atoms with Gasteiger partial charge in [0.2, 0.25) is 0 Å². The highest BCUT2D eigenvalue weighted by Crippen LogP contribution is 2.07. The van der Waals surface area contributed by atoms with Crippen molar-refractivity contribution in [3.8, 4) is 0 Å². The van der Waals surface area contributed by atoms with E-state index in [4.69, 9.17) is 4.74 Å². The molecule has 0 radical (unpaired) electrons. The first-order valence-electron chi connectivity index (χ1n) is 4.90. The van der Waals surface area contributed by atoms with E-state index in [-0.39, 0.29) is 0 Å². The Kier molecular flexibility index (Phi) is 6.29. The summed E-state index contributed by atoms with van der Waals surface area (Å²) in [6, 6.07) is 0. The van der Waals surface area contributed by atoms with Crippen molar-refractivity contribution in [3.63, 3.8) is 0 Å². The zero-order valence-electron chi connectivity index (χ0n) is 9.26. The molecular weight excluding hydrogens is 166 g/mol. The molecule has 1 atom stereocenters. The third-order valence-electron chi connectivity index (χ3n) is 1.90. The summed E-state index contributed by atoms with van der Waals surface area (Å²) >= 11 is 0. The zero-order valence-corrected chi connectivity index (χ0v) is 9.26. The molecule has 1 unspecified atom stereocenters. The second-order valence-corrected chi connectivity index (χ2v) is 4.26. The second-order valence-electron chi connectivity index (χ2n) is 4.26. The molecule has 2 N–H and O–H groups in total. The highest BCUT2D eigenvalue weighted by Gasteiger charge is 2.18. The van der Waals surface area contributed by atoms with Gasteiger partial charge >= 0.3 is 0 Å². The van der Waals surface area contributed by atoms with Crippen LogP contribution in [0.2, 0.25) is 0 Å². The number of rotatable bonds is 7. The minimum Gasteiger partial charge on any atom is -0.389 e. The Bertz CT molecular complexity index is 124. The van der Waals surface area contributed by atoms with E-state index in [9.17, 15) is 5.11 Å². The van der Waals surface area contributed by atoms with Gasteiger partial charge in [-0.2, -0.15) is 0 Å². The van der Waals surface area contributed by atoms with E-state index >= 15 is 0 Å². The van der Waals surface area contributed by atoms with Gasteiger partial charge in [-0.1, -0.05) is 13.8 Å². The van der Waals surface area contributed by atoms with Crippen molar-refractivity contribution in [1.29, 1.82) is 0 Å². The molecule has 0 saturated carbocycles. The van der Waals surface area contributed by atoms with Crippen LogP contribution in [0.4, 0.5) is 0 Å². The van der Waals surface area contributed by atoms with Crippen molar-refractivity contribution in [1.82, 2.24) is 5.32 Å². The van der Waals surface area contributed by atoms with Crippen molar-refractivity contribution in [2.45, 2.75) is 32.8 Å². The molecule has 0 heterocycles. The van der Waals surface area contributed by atoms with E-state index in [0.29, 0.717) is 25.5 Å². The van der Waals surface area contributed by atoms with Crippen LogP contribution in [-0.4, -0.2) is 37.5 Å². The Labute approximate surface area is 81.5 Å². The van der Waals surface area contributed by atoms with E-state index in [0.717, 1.165) is 6.54 Å². The van der Waals surface area contributed by atoms with Crippen molar-refractivity contribution in [3.05, 3.63) is 0 Å². The maximum absolute atomic E-state index is 9.82. The first-order chi connectivity index (χ1) is 5.98. The summed E-state index contributed by atoms with van der Waals surface area (Å²) in [6.07, 6.45) is 0.675. The SMILES string of the molecule is COCCC(C)(O)CNCC(C)C. The van der Waals surface area contributed by atoms with Crippen LogP contribution in [0.15, 0.2) is 0 Å². The molecule has 0 bridgehead atoms. The van der Waals surface area contributed by atoms with Crippen LogP contribution in [0, 0.1) is 5.92 Å². The maximum Gasteiger partial charge on any atom is 0.0765 e. The zero-order chi connectivity index (χ0) is 10.3. The fraction of sp³-hybridized carbons (Fsp3) is 1.00. The molecule has 0 fully saturated rings. The number of ether oxygens (including phenoxy) is 1. The van der Waals surface area contributed by atoms with E-state index in [1.165, 1.54) is 0 Å². The Morgan fingerprint density at radius 2 is 2.08 bits per heavy atom. The number of aliphatic hydroxyl groups is 1. The maximum atomic E-state index is 9.82. The summed E-state index contributed by atoms with van der Waals surface area (Å²) in [4.78, 5) is 0. The largest absolute Gasteiger partial charge is 0.389 e. The van der Waals surface area contributed by atoms with Crippen molar-refractivity contribution >= 4 is 0 Å². The molecule has 0 aromatic heterocycles. The van der Waals surface area contributed by atoms with E-state index in [1.807, 2.05) is 6.92 Å². The number of hydrogen-bond acceptors (Lipinski definition) is 3. The highest BCUT2D eigenvalue weighted by atomic mass is 16.5. The van der Waals surface area contributed by atoms with Crippen LogP contribution in [-0.2, 0) is 4.74 Å². The van der Waals surface area contributed by atoms with Crippen LogP contribution in [0.5, 0.6) is 0 Å². The van der Waals surface area contributed by atoms with Crippen molar-refractivity contribution < 1.29 is 9.84 Å². The van der Waals surface area contributed by atoms with Crippen molar-refractivity contribution in [2.75, 3.05) is 26.8 Å². The Balaban J connectivity index is 3.50. The first-order valence-corrected chi connectivity index (χ1v) is 4.90. The molecule has 13 heavy (non-hydrogen) atoms. The van der Waals surface area contributed by atoms with Gasteiger partial charge < -0.3 is 15.2 Å². The number of hydrogen-bond donors (Lipinski definition) is 2. The van der Waals surface area contributed by atoms with Gasteiger partial charge in [-0.05, 0) is 19.4 Å². The molecule has 0 spiro atoms. The summed E-state index contributed by atoms with van der Waals surface area (Å²) in [5.41, 5.74) is -0.648. The van der Waals surface area contributed by atoms with Gasteiger partial charge in [0.1, 0.15) is 0 Å². The Morgan fingerprint density at radius 1 is 1.46 bits per heavy atom. The smallest absolute Gasteiger partial charge is 0.0765 e. The molecule has 3 heteroatoms. The molecule has 0 aliphatic rings. The predicted molar refractivity (Wildman–Crippen MR) is 54.8 cm³/mol. The van der Waals surface area contributed by atoms with E-state index in [2.05, 4.69) is 19.2 Å². The third-order valence-corrected chi connectivity index (χ3v) is 1.90. The minimum atomic E-state index is -0.648. The lowest BCUT2D eigenvalue weighted by molar-refractivity contribution is 0.0246. The van der Waals surface area contributed by atoms with E-state index < -0.39 is 5.60 Å². The van der Waals surface area contributed by atoms with Crippen LogP contribution in [0.25, 0.3) is 0 Å². The van der Waals surface area contributed by atoms with Crippen LogP contribution in [0.1, 0.15) is 27.2 Å². The first kappa shape index (κ1) is 12.9. The molecule has 0 aromatic carbocycles. The molecule has 0 amide bonds. The fourth-order valence-corrected chi connectivity index (χ4v) is 1.04. The fourth-order valence-electron chi connectivity index (χ4n) is 1.04. The summed E-state index contributed by atoms with van der Waals surface area (Å²) < 4.78 is 4.92. The molecule has 0 aliphatic carbocycles. The number of nitrogens with one attached hydrogen (secondary N) is 1. The predicted octanol–water partition coefficient (Wildman–Crippen LogP) is 1.02. The molecule has 0 aliphatic heterocycles. The standard InChI is InChI=1S/C10H23NO2/c1-9(2)7-11-8-10(3,12)5-6-13-4/h9,11-12H,5-8H2,1-4H3. The number of methoxy groups -OCH3 is 1. The van der Waals surface area contributed by atoms with Gasteiger partial charge in [0.05, 0.1) is 5.60 Å². The lowest BCUT2D eigenvalue weighted by Gasteiger charge is -2.23. The molecule has 0 aromatic rings. The minimum absolute atomic E-state index is 0.607. The van der Waals surface area contributed by atoms with E-state index in [1.54, 1.807) is 7.11 Å². The normalized spacial score (nSPS) is 16.2. The van der Waals surface area contributed by atoms with Gasteiger partial charge in [-0.3, -0.25) is 0 Å². The summed E-state index contributed by atoms with van der Waals surface area (Å²) in [5.74, 6) is 0.623. The van der Waals surface area contributed by atoms with Crippen LogP contribution >= 0.6 is 0 Å². The lowest BCUT2D eigenvalue weighted by Crippen LogP contribution is -2.39. The van der Waals surface area contributed by atoms with Gasteiger partial charge in [0, 0.05) is 26.7 Å². The summed E-state index contributed by atoms with van der Waals surface area (Å²) in [5, 5.41) is 13.0. The summed E-state index contributed by atoms with van der Waals surface area (Å²) in [7, 11) is 1.65. The average molecular weight is 189 g/mol. The Hall–Kier alpha value is -0.120. The molecule has 0 rings (SSSR count). The van der Waals surface area contributed by atoms with Gasteiger partial charge in [0.25, 0.3) is 0 Å². The molecule has 3 nitrogen and oxygen atoms in total. The average Bonchev–Trinajstić information content (AvgIpc) is 2.00. The summed E-state index contributed by atoms with van der Waals surface area (Å²) in [6.45, 7) is 8.32. The van der Waals surface area contributed by atoms with Gasteiger partial charge in [0.15, 0.2) is 0 Å². The Morgan fingerprint density at radius 3 is 2.54 bits per heavy atom. The van der Waals surface area contributed by atoms with Crippen LogP contribution < -0.4 is 5.32 Å². The van der Waals surface area contributed by atoms with Crippen LogP contribution in [0.3, 0.4) is 0 Å². The second kappa shape index (κ2) is 6.35. The van der Waals surface area contributed by atoms with Gasteiger partial charge in [-0.15, -0.1) is 0 Å².